The Balaban J connectivity index is 1.69. The molecular formula is C21H23ClN4O. The van der Waals surface area contributed by atoms with Gasteiger partial charge < -0.3 is 10.6 Å². The summed E-state index contributed by atoms with van der Waals surface area (Å²) >= 11 is 6.10. The number of nitrogens with zero attached hydrogens (tertiary/aromatic N) is 2. The first-order valence-corrected chi connectivity index (χ1v) is 9.85. The molecule has 1 saturated carbocycles. The standard InChI is InChI=1S/C21H23ClN4O/c22-15-7-6-10-17(13-15)24-20-18(14-23-16-8-2-1-3-9-16)21(27)26-12-5-4-11-19(26)25-20/h4-7,10-13,16,23-24H,1-3,8-9,14H2. The third-order valence-corrected chi connectivity index (χ3v) is 5.32. The third-order valence-electron chi connectivity index (χ3n) is 5.09. The molecule has 0 atom stereocenters. The van der Waals surface area contributed by atoms with Crippen LogP contribution in [0.4, 0.5) is 11.5 Å². The van der Waals surface area contributed by atoms with Gasteiger partial charge in [0.05, 0.1) is 5.56 Å². The van der Waals surface area contributed by atoms with Gasteiger partial charge in [0.25, 0.3) is 5.56 Å². The Morgan fingerprint density at radius 1 is 1.11 bits per heavy atom. The first-order chi connectivity index (χ1) is 13.2. The zero-order valence-corrected chi connectivity index (χ0v) is 15.9. The maximum absolute atomic E-state index is 13.1. The van der Waals surface area contributed by atoms with Crippen molar-refractivity contribution >= 4 is 28.8 Å². The Morgan fingerprint density at radius 2 is 1.96 bits per heavy atom. The van der Waals surface area contributed by atoms with Gasteiger partial charge >= 0.3 is 0 Å². The van der Waals surface area contributed by atoms with Crippen LogP contribution < -0.4 is 16.2 Å². The van der Waals surface area contributed by atoms with E-state index in [0.717, 1.165) is 5.69 Å². The maximum Gasteiger partial charge on any atom is 0.264 e. The van der Waals surface area contributed by atoms with Gasteiger partial charge in [0.15, 0.2) is 0 Å². The molecule has 2 N–H and O–H groups in total. The van der Waals surface area contributed by atoms with Crippen LogP contribution in [0.1, 0.15) is 37.7 Å². The molecule has 1 aliphatic carbocycles. The summed E-state index contributed by atoms with van der Waals surface area (Å²) in [4.78, 5) is 17.8. The number of pyridine rings is 1. The molecule has 0 saturated heterocycles. The number of halogens is 1. The monoisotopic (exact) mass is 382 g/mol. The number of anilines is 2. The second-order valence-corrected chi connectivity index (χ2v) is 7.46. The largest absolute Gasteiger partial charge is 0.340 e. The normalized spacial score (nSPS) is 15.1. The Bertz CT molecular complexity index is 995. The number of nitrogens with one attached hydrogen (secondary N) is 2. The van der Waals surface area contributed by atoms with Crippen molar-refractivity contribution < 1.29 is 0 Å². The van der Waals surface area contributed by atoms with Crippen LogP contribution in [0.5, 0.6) is 0 Å². The summed E-state index contributed by atoms with van der Waals surface area (Å²) in [6.45, 7) is 0.497. The highest BCUT2D eigenvalue weighted by atomic mass is 35.5. The lowest BCUT2D eigenvalue weighted by Gasteiger charge is -2.23. The molecule has 5 nitrogen and oxygen atoms in total. The van der Waals surface area contributed by atoms with Gasteiger partial charge in [-0.05, 0) is 43.2 Å². The van der Waals surface area contributed by atoms with Crippen LogP contribution in [0.15, 0.2) is 53.5 Å². The van der Waals surface area contributed by atoms with Crippen molar-refractivity contribution in [2.45, 2.75) is 44.7 Å². The number of hydrogen-bond donors (Lipinski definition) is 2. The van der Waals surface area contributed by atoms with Crippen LogP contribution in [-0.2, 0) is 6.54 Å². The highest BCUT2D eigenvalue weighted by Gasteiger charge is 2.17. The molecular weight excluding hydrogens is 360 g/mol. The molecule has 0 spiro atoms. The topological polar surface area (TPSA) is 58.4 Å². The van der Waals surface area contributed by atoms with Crippen molar-refractivity contribution in [2.75, 3.05) is 5.32 Å². The molecule has 27 heavy (non-hydrogen) atoms. The van der Waals surface area contributed by atoms with Gasteiger partial charge in [-0.15, -0.1) is 0 Å². The molecule has 6 heteroatoms. The fourth-order valence-corrected chi connectivity index (χ4v) is 3.83. The number of rotatable bonds is 5. The van der Waals surface area contributed by atoms with E-state index in [0.29, 0.717) is 34.6 Å². The molecule has 1 fully saturated rings. The van der Waals surface area contributed by atoms with E-state index in [1.54, 1.807) is 10.6 Å². The van der Waals surface area contributed by atoms with Gasteiger partial charge in [0, 0.05) is 29.5 Å². The fraction of sp³-hybridized carbons (Fsp3) is 0.333. The molecule has 2 aromatic heterocycles. The van der Waals surface area contributed by atoms with Crippen LogP contribution in [0.25, 0.3) is 5.65 Å². The molecule has 0 aliphatic heterocycles. The second kappa shape index (κ2) is 8.11. The number of hydrogen-bond acceptors (Lipinski definition) is 4. The summed E-state index contributed by atoms with van der Waals surface area (Å²) in [6, 6.07) is 13.5. The fourth-order valence-electron chi connectivity index (χ4n) is 3.64. The van der Waals surface area contributed by atoms with Crippen molar-refractivity contribution in [1.82, 2.24) is 14.7 Å². The van der Waals surface area contributed by atoms with Gasteiger partial charge in [-0.25, -0.2) is 4.98 Å². The Kier molecular flexibility index (Phi) is 5.41. The van der Waals surface area contributed by atoms with E-state index in [2.05, 4.69) is 10.6 Å². The van der Waals surface area contributed by atoms with Crippen LogP contribution in [0, 0.1) is 0 Å². The minimum absolute atomic E-state index is 0.0477. The van der Waals surface area contributed by atoms with Crippen molar-refractivity contribution in [3.8, 4) is 0 Å². The first kappa shape index (κ1) is 18.0. The van der Waals surface area contributed by atoms with Crippen molar-refractivity contribution in [1.29, 1.82) is 0 Å². The lowest BCUT2D eigenvalue weighted by atomic mass is 9.95. The average molecular weight is 383 g/mol. The molecule has 0 bridgehead atoms. The SMILES string of the molecule is O=c1c(CNC2CCCCC2)c(Nc2cccc(Cl)c2)nc2ccccn12. The minimum atomic E-state index is -0.0477. The maximum atomic E-state index is 13.1. The molecule has 140 valence electrons. The van der Waals surface area contributed by atoms with Crippen molar-refractivity contribution in [3.63, 3.8) is 0 Å². The van der Waals surface area contributed by atoms with Gasteiger partial charge in [0.1, 0.15) is 11.5 Å². The molecule has 4 rings (SSSR count). The van der Waals surface area contributed by atoms with Crippen molar-refractivity contribution in [2.24, 2.45) is 0 Å². The first-order valence-electron chi connectivity index (χ1n) is 9.47. The van der Waals surface area contributed by atoms with Crippen molar-refractivity contribution in [3.05, 3.63) is 69.6 Å². The van der Waals surface area contributed by atoms with Gasteiger partial charge in [0.2, 0.25) is 0 Å². The minimum Gasteiger partial charge on any atom is -0.340 e. The highest BCUT2D eigenvalue weighted by Crippen LogP contribution is 2.22. The smallest absolute Gasteiger partial charge is 0.264 e. The van der Waals surface area contributed by atoms with E-state index in [-0.39, 0.29) is 5.56 Å². The summed E-state index contributed by atoms with van der Waals surface area (Å²) in [5, 5.41) is 7.49. The zero-order chi connectivity index (χ0) is 18.6. The number of benzene rings is 1. The molecule has 0 radical (unpaired) electrons. The number of aromatic nitrogens is 2. The average Bonchev–Trinajstić information content (AvgIpc) is 2.69. The summed E-state index contributed by atoms with van der Waals surface area (Å²) in [7, 11) is 0. The van der Waals surface area contributed by atoms with E-state index in [1.165, 1.54) is 32.1 Å². The lowest BCUT2D eigenvalue weighted by Crippen LogP contribution is -2.34. The van der Waals surface area contributed by atoms with E-state index >= 15 is 0 Å². The van der Waals surface area contributed by atoms with Crippen LogP contribution in [-0.4, -0.2) is 15.4 Å². The van der Waals surface area contributed by atoms with Gasteiger partial charge in [-0.2, -0.15) is 0 Å². The highest BCUT2D eigenvalue weighted by molar-refractivity contribution is 6.30. The van der Waals surface area contributed by atoms with Crippen LogP contribution in [0.3, 0.4) is 0 Å². The van der Waals surface area contributed by atoms with E-state index < -0.39 is 0 Å². The quantitative estimate of drug-likeness (QED) is 0.681. The van der Waals surface area contributed by atoms with Crippen LogP contribution >= 0.6 is 11.6 Å². The van der Waals surface area contributed by atoms with Crippen LogP contribution in [0.2, 0.25) is 5.02 Å². The Hall–Kier alpha value is -2.37. The summed E-state index contributed by atoms with van der Waals surface area (Å²) in [5.74, 6) is 0.580. The molecule has 3 aromatic rings. The Labute approximate surface area is 163 Å². The van der Waals surface area contributed by atoms with Gasteiger partial charge in [-0.1, -0.05) is 43.0 Å². The molecule has 0 unspecified atom stereocenters. The summed E-state index contributed by atoms with van der Waals surface area (Å²) < 4.78 is 1.60. The van der Waals surface area contributed by atoms with E-state index in [9.17, 15) is 4.79 Å². The second-order valence-electron chi connectivity index (χ2n) is 7.02. The molecule has 0 amide bonds. The predicted molar refractivity (Wildman–Crippen MR) is 110 cm³/mol. The summed E-state index contributed by atoms with van der Waals surface area (Å²) in [5.41, 5.74) is 2.03. The lowest BCUT2D eigenvalue weighted by molar-refractivity contribution is 0.372. The number of fused-ring (bicyclic) bond motifs is 1. The predicted octanol–water partition coefficient (Wildman–Crippen LogP) is 4.51. The molecule has 1 aliphatic rings. The van der Waals surface area contributed by atoms with E-state index in [1.807, 2.05) is 42.5 Å². The molecule has 1 aromatic carbocycles. The third kappa shape index (κ3) is 4.15. The van der Waals surface area contributed by atoms with E-state index in [4.69, 9.17) is 16.6 Å². The van der Waals surface area contributed by atoms with Gasteiger partial charge in [-0.3, -0.25) is 9.20 Å². The zero-order valence-electron chi connectivity index (χ0n) is 15.1. The molecule has 2 heterocycles. The Morgan fingerprint density at radius 3 is 2.78 bits per heavy atom. The summed E-state index contributed by atoms with van der Waals surface area (Å²) in [6.07, 6.45) is 7.90.